The second kappa shape index (κ2) is 7.20. The van der Waals surface area contributed by atoms with Gasteiger partial charge in [-0.25, -0.2) is 0 Å². The number of hydrogen-bond acceptors (Lipinski definition) is 0. The highest BCUT2D eigenvalue weighted by Gasteiger charge is 1.94. The van der Waals surface area contributed by atoms with Gasteiger partial charge in [0.1, 0.15) is 0 Å². The van der Waals surface area contributed by atoms with E-state index in [2.05, 4.69) is 12.2 Å². The zero-order chi connectivity index (χ0) is 9.36. The second-order valence-electron chi connectivity index (χ2n) is 3.70. The van der Waals surface area contributed by atoms with Crippen LogP contribution in [0.1, 0.15) is 51.4 Å². The topological polar surface area (TPSA) is 0 Å². The lowest BCUT2D eigenvalue weighted by atomic mass is 10.1. The van der Waals surface area contributed by atoms with Crippen molar-refractivity contribution in [1.82, 2.24) is 0 Å². The van der Waals surface area contributed by atoms with Crippen molar-refractivity contribution in [3.05, 3.63) is 23.3 Å². The monoisotopic (exact) mass is 198 g/mol. The Morgan fingerprint density at radius 3 is 2.46 bits per heavy atom. The van der Waals surface area contributed by atoms with Crippen molar-refractivity contribution in [3.8, 4) is 0 Å². The summed E-state index contributed by atoms with van der Waals surface area (Å²) in [6, 6.07) is 0. The Kier molecular flexibility index (Phi) is 6.01. The van der Waals surface area contributed by atoms with Gasteiger partial charge in [-0.2, -0.15) is 0 Å². The normalized spacial score (nSPS) is 27.9. The van der Waals surface area contributed by atoms with Gasteiger partial charge in [0.25, 0.3) is 0 Å². The first-order valence-electron chi connectivity index (χ1n) is 5.41. The molecule has 0 saturated heterocycles. The van der Waals surface area contributed by atoms with Crippen LogP contribution in [0.2, 0.25) is 0 Å². The Morgan fingerprint density at radius 2 is 1.62 bits per heavy atom. The van der Waals surface area contributed by atoms with Crippen LogP contribution < -0.4 is 0 Å². The first-order chi connectivity index (χ1) is 6.39. The summed E-state index contributed by atoms with van der Waals surface area (Å²) in [7, 11) is 0. The molecule has 0 saturated carbocycles. The molecule has 0 radical (unpaired) electrons. The maximum Gasteiger partial charge on any atom is 0.0180 e. The van der Waals surface area contributed by atoms with Gasteiger partial charge in [0.15, 0.2) is 0 Å². The van der Waals surface area contributed by atoms with Gasteiger partial charge < -0.3 is 0 Å². The van der Waals surface area contributed by atoms with E-state index in [1.165, 1.54) is 44.9 Å². The summed E-state index contributed by atoms with van der Waals surface area (Å²) in [4.78, 5) is 0. The zero-order valence-corrected chi connectivity index (χ0v) is 9.02. The first kappa shape index (κ1) is 10.8. The lowest BCUT2D eigenvalue weighted by Gasteiger charge is -2.02. The Morgan fingerprint density at radius 1 is 0.923 bits per heavy atom. The summed E-state index contributed by atoms with van der Waals surface area (Å²) >= 11 is 6.02. The van der Waals surface area contributed by atoms with Crippen molar-refractivity contribution < 1.29 is 0 Å². The maximum atomic E-state index is 6.02. The molecule has 74 valence electrons. The fourth-order valence-corrected chi connectivity index (χ4v) is 1.82. The highest BCUT2D eigenvalue weighted by atomic mass is 35.5. The van der Waals surface area contributed by atoms with Gasteiger partial charge in [-0.15, -0.1) is 0 Å². The molecule has 0 N–H and O–H groups in total. The molecule has 0 aromatic heterocycles. The van der Waals surface area contributed by atoms with Crippen LogP contribution in [0.5, 0.6) is 0 Å². The summed E-state index contributed by atoms with van der Waals surface area (Å²) < 4.78 is 0. The van der Waals surface area contributed by atoms with E-state index in [1.807, 2.05) is 6.08 Å². The van der Waals surface area contributed by atoms with Crippen molar-refractivity contribution in [2.45, 2.75) is 51.4 Å². The zero-order valence-electron chi connectivity index (χ0n) is 8.27. The van der Waals surface area contributed by atoms with Gasteiger partial charge in [0.05, 0.1) is 0 Å². The Labute approximate surface area is 86.7 Å². The minimum Gasteiger partial charge on any atom is -0.0892 e. The lowest BCUT2D eigenvalue weighted by Crippen LogP contribution is -1.82. The molecular formula is C12H19Cl. The molecular weight excluding hydrogens is 180 g/mol. The van der Waals surface area contributed by atoms with Gasteiger partial charge in [-0.3, -0.25) is 0 Å². The van der Waals surface area contributed by atoms with Crippen LogP contribution in [-0.4, -0.2) is 0 Å². The number of halogens is 1. The van der Waals surface area contributed by atoms with E-state index in [0.29, 0.717) is 0 Å². The molecule has 13 heavy (non-hydrogen) atoms. The predicted octanol–water partition coefficient (Wildman–Crippen LogP) is 4.80. The van der Waals surface area contributed by atoms with E-state index in [9.17, 15) is 0 Å². The highest BCUT2D eigenvalue weighted by Crippen LogP contribution is 2.16. The first-order valence-corrected chi connectivity index (χ1v) is 5.78. The fraction of sp³-hybridized carbons (Fsp3) is 0.667. The van der Waals surface area contributed by atoms with E-state index < -0.39 is 0 Å². The molecule has 0 aromatic rings. The predicted molar refractivity (Wildman–Crippen MR) is 60.0 cm³/mol. The molecule has 0 nitrogen and oxygen atoms in total. The molecule has 0 amide bonds. The largest absolute Gasteiger partial charge is 0.0892 e. The Hall–Kier alpha value is -0.230. The van der Waals surface area contributed by atoms with Crippen LogP contribution in [0.4, 0.5) is 0 Å². The van der Waals surface area contributed by atoms with Crippen molar-refractivity contribution in [2.24, 2.45) is 0 Å². The van der Waals surface area contributed by atoms with Crippen LogP contribution in [0.15, 0.2) is 23.3 Å². The quantitative estimate of drug-likeness (QED) is 0.525. The average Bonchev–Trinajstić information content (AvgIpc) is 2.11. The summed E-state index contributed by atoms with van der Waals surface area (Å²) in [5, 5.41) is 1.01. The van der Waals surface area contributed by atoms with Crippen molar-refractivity contribution in [3.63, 3.8) is 0 Å². The van der Waals surface area contributed by atoms with Crippen LogP contribution in [-0.2, 0) is 0 Å². The number of hydrogen-bond donors (Lipinski definition) is 0. The SMILES string of the molecule is Cl/C1=C\C=C/CCCCCCCC1. The Balaban J connectivity index is 2.34. The van der Waals surface area contributed by atoms with Crippen molar-refractivity contribution in [1.29, 1.82) is 0 Å². The minimum atomic E-state index is 1.01. The third-order valence-corrected chi connectivity index (χ3v) is 2.76. The van der Waals surface area contributed by atoms with E-state index in [0.717, 1.165) is 11.5 Å². The van der Waals surface area contributed by atoms with Crippen LogP contribution >= 0.6 is 11.6 Å². The molecule has 0 bridgehead atoms. The smallest absolute Gasteiger partial charge is 0.0180 e. The molecule has 0 aromatic carbocycles. The van der Waals surface area contributed by atoms with E-state index in [-0.39, 0.29) is 0 Å². The Bertz CT molecular complexity index is 180. The van der Waals surface area contributed by atoms with Crippen LogP contribution in [0, 0.1) is 0 Å². The molecule has 1 heteroatoms. The molecule has 0 fully saturated rings. The summed E-state index contributed by atoms with van der Waals surface area (Å²) in [5.74, 6) is 0. The molecule has 0 heterocycles. The molecule has 0 aliphatic heterocycles. The fourth-order valence-electron chi connectivity index (χ4n) is 1.62. The van der Waals surface area contributed by atoms with Gasteiger partial charge in [-0.05, 0) is 31.8 Å². The molecule has 1 aliphatic rings. The van der Waals surface area contributed by atoms with Gasteiger partial charge in [-0.1, -0.05) is 49.4 Å². The van der Waals surface area contributed by atoms with E-state index in [4.69, 9.17) is 11.6 Å². The van der Waals surface area contributed by atoms with Crippen LogP contribution in [0.3, 0.4) is 0 Å². The standard InChI is InChI=1S/C12H19Cl/c13-12-10-8-6-4-2-1-3-5-7-9-11-12/h6,8,10H,1-5,7,9,11H2/b8-6-,12-10-. The van der Waals surface area contributed by atoms with Crippen LogP contribution in [0.25, 0.3) is 0 Å². The molecule has 0 atom stereocenters. The van der Waals surface area contributed by atoms with E-state index >= 15 is 0 Å². The molecule has 1 aliphatic carbocycles. The maximum absolute atomic E-state index is 6.02. The van der Waals surface area contributed by atoms with Crippen molar-refractivity contribution in [2.75, 3.05) is 0 Å². The molecule has 0 spiro atoms. The van der Waals surface area contributed by atoms with Gasteiger partial charge in [0.2, 0.25) is 0 Å². The highest BCUT2D eigenvalue weighted by molar-refractivity contribution is 6.29. The molecule has 1 rings (SSSR count). The minimum absolute atomic E-state index is 1.01. The third-order valence-electron chi connectivity index (χ3n) is 2.45. The van der Waals surface area contributed by atoms with E-state index in [1.54, 1.807) is 0 Å². The average molecular weight is 199 g/mol. The third kappa shape index (κ3) is 5.93. The number of allylic oxidation sites excluding steroid dienone is 4. The second-order valence-corrected chi connectivity index (χ2v) is 4.19. The summed E-state index contributed by atoms with van der Waals surface area (Å²) in [5.41, 5.74) is 0. The van der Waals surface area contributed by atoms with Crippen molar-refractivity contribution >= 4 is 11.6 Å². The number of rotatable bonds is 0. The lowest BCUT2D eigenvalue weighted by molar-refractivity contribution is 0.598. The summed E-state index contributed by atoms with van der Waals surface area (Å²) in [6.45, 7) is 0. The van der Waals surface area contributed by atoms with Gasteiger partial charge >= 0.3 is 0 Å². The molecule has 0 unspecified atom stereocenters. The van der Waals surface area contributed by atoms with Gasteiger partial charge in [0, 0.05) is 5.03 Å². The summed E-state index contributed by atoms with van der Waals surface area (Å²) in [6.07, 6.45) is 16.7.